The Morgan fingerprint density at radius 3 is 2.00 bits per heavy atom. The second kappa shape index (κ2) is 3.15. The van der Waals surface area contributed by atoms with Crippen molar-refractivity contribution in [2.24, 2.45) is 5.92 Å². The highest BCUT2D eigenvalue weighted by Gasteiger charge is 2.27. The second-order valence-electron chi connectivity index (χ2n) is 2.25. The second-order valence-corrected chi connectivity index (χ2v) is 2.25. The number of ether oxygens (including phenoxy) is 1. The summed E-state index contributed by atoms with van der Waals surface area (Å²) >= 11 is 0. The summed E-state index contributed by atoms with van der Waals surface area (Å²) < 4.78 is 4.60. The Balaban J connectivity index is 3.70. The number of hydrogen-bond donors (Lipinski definition) is 2. The summed E-state index contributed by atoms with van der Waals surface area (Å²) in [7, 11) is 0. The summed E-state index contributed by atoms with van der Waals surface area (Å²) in [6, 6.07) is 0. The molecule has 0 saturated carbocycles. The van der Waals surface area contributed by atoms with Crippen LogP contribution in [0.5, 0.6) is 0 Å². The standard InChI is InChI=1S/C6H14O3/c1-4-9-6(7,8)5(2)3/h5,7-8H,4H2,1-3H3. The molecule has 0 aromatic carbocycles. The zero-order chi connectivity index (χ0) is 7.49. The fourth-order valence-electron chi connectivity index (χ4n) is 0.379. The average molecular weight is 134 g/mol. The van der Waals surface area contributed by atoms with Crippen molar-refractivity contribution in [1.82, 2.24) is 0 Å². The highest BCUT2D eigenvalue weighted by molar-refractivity contribution is 4.54. The van der Waals surface area contributed by atoms with E-state index in [1.54, 1.807) is 20.8 Å². The largest absolute Gasteiger partial charge is 0.343 e. The van der Waals surface area contributed by atoms with Crippen LogP contribution in [0.3, 0.4) is 0 Å². The van der Waals surface area contributed by atoms with Crippen molar-refractivity contribution < 1.29 is 14.9 Å². The summed E-state index contributed by atoms with van der Waals surface area (Å²) in [6.07, 6.45) is 0. The van der Waals surface area contributed by atoms with E-state index in [1.807, 2.05) is 0 Å². The molecule has 0 radical (unpaired) electrons. The first-order valence-corrected chi connectivity index (χ1v) is 3.09. The molecule has 0 amide bonds. The lowest BCUT2D eigenvalue weighted by molar-refractivity contribution is -0.358. The Morgan fingerprint density at radius 1 is 1.44 bits per heavy atom. The van der Waals surface area contributed by atoms with Gasteiger partial charge in [-0.2, -0.15) is 0 Å². The molecule has 0 aliphatic rings. The molecule has 0 bridgehead atoms. The fraction of sp³-hybridized carbons (Fsp3) is 1.00. The molecule has 9 heavy (non-hydrogen) atoms. The van der Waals surface area contributed by atoms with E-state index in [4.69, 9.17) is 10.2 Å². The smallest absolute Gasteiger partial charge is 0.280 e. The zero-order valence-corrected chi connectivity index (χ0v) is 6.09. The van der Waals surface area contributed by atoms with E-state index in [-0.39, 0.29) is 5.92 Å². The molecule has 0 saturated heterocycles. The molecule has 0 aromatic rings. The van der Waals surface area contributed by atoms with Gasteiger partial charge >= 0.3 is 0 Å². The van der Waals surface area contributed by atoms with Crippen molar-refractivity contribution in [2.45, 2.75) is 26.7 Å². The van der Waals surface area contributed by atoms with Crippen LogP contribution in [0, 0.1) is 5.92 Å². The normalized spacial score (nSPS) is 12.7. The van der Waals surface area contributed by atoms with Gasteiger partial charge in [0.25, 0.3) is 5.97 Å². The molecular formula is C6H14O3. The van der Waals surface area contributed by atoms with Gasteiger partial charge in [0.05, 0.1) is 0 Å². The highest BCUT2D eigenvalue weighted by Crippen LogP contribution is 2.13. The van der Waals surface area contributed by atoms with Gasteiger partial charge in [0.1, 0.15) is 0 Å². The van der Waals surface area contributed by atoms with Crippen molar-refractivity contribution in [3.8, 4) is 0 Å². The molecule has 3 heteroatoms. The van der Waals surface area contributed by atoms with Crippen LogP contribution in [0.1, 0.15) is 20.8 Å². The van der Waals surface area contributed by atoms with E-state index >= 15 is 0 Å². The van der Waals surface area contributed by atoms with Crippen molar-refractivity contribution in [1.29, 1.82) is 0 Å². The number of aliphatic hydroxyl groups is 2. The fourth-order valence-corrected chi connectivity index (χ4v) is 0.379. The minimum Gasteiger partial charge on any atom is -0.343 e. The summed E-state index contributed by atoms with van der Waals surface area (Å²) in [5, 5.41) is 17.9. The Morgan fingerprint density at radius 2 is 1.89 bits per heavy atom. The summed E-state index contributed by atoms with van der Waals surface area (Å²) in [4.78, 5) is 0. The van der Waals surface area contributed by atoms with Gasteiger partial charge < -0.3 is 14.9 Å². The topological polar surface area (TPSA) is 49.7 Å². The maximum atomic E-state index is 8.93. The van der Waals surface area contributed by atoms with Crippen LogP contribution in [-0.2, 0) is 4.74 Å². The predicted octanol–water partition coefficient (Wildman–Crippen LogP) is 0.317. The summed E-state index contributed by atoms with van der Waals surface area (Å²) in [5.41, 5.74) is 0. The average Bonchev–Trinajstić information content (AvgIpc) is 1.65. The van der Waals surface area contributed by atoms with Crippen LogP contribution in [0.2, 0.25) is 0 Å². The maximum absolute atomic E-state index is 8.93. The third-order valence-corrected chi connectivity index (χ3v) is 1.11. The minimum atomic E-state index is -1.95. The minimum absolute atomic E-state index is 0.294. The molecule has 0 heterocycles. The molecular weight excluding hydrogens is 120 g/mol. The number of rotatable bonds is 3. The van der Waals surface area contributed by atoms with Crippen LogP contribution in [0.25, 0.3) is 0 Å². The molecule has 2 N–H and O–H groups in total. The predicted molar refractivity (Wildman–Crippen MR) is 33.6 cm³/mol. The van der Waals surface area contributed by atoms with Crippen molar-refractivity contribution in [2.75, 3.05) is 6.61 Å². The van der Waals surface area contributed by atoms with E-state index in [0.717, 1.165) is 0 Å². The first-order chi connectivity index (χ1) is 4.00. The van der Waals surface area contributed by atoms with Gasteiger partial charge in [0.15, 0.2) is 0 Å². The SMILES string of the molecule is CCOC(O)(O)C(C)C. The lowest BCUT2D eigenvalue weighted by atomic mass is 10.2. The molecule has 0 spiro atoms. The van der Waals surface area contributed by atoms with Crippen LogP contribution < -0.4 is 0 Å². The highest BCUT2D eigenvalue weighted by atomic mass is 16.8. The van der Waals surface area contributed by atoms with E-state index in [1.165, 1.54) is 0 Å². The number of hydrogen-bond acceptors (Lipinski definition) is 3. The quantitative estimate of drug-likeness (QED) is 0.546. The third-order valence-electron chi connectivity index (χ3n) is 1.11. The van der Waals surface area contributed by atoms with Crippen LogP contribution in [0.15, 0.2) is 0 Å². The van der Waals surface area contributed by atoms with Crippen molar-refractivity contribution in [3.05, 3.63) is 0 Å². The Kier molecular flexibility index (Phi) is 3.11. The van der Waals surface area contributed by atoms with Crippen LogP contribution in [-0.4, -0.2) is 22.8 Å². The Bertz CT molecular complexity index is 78.4. The summed E-state index contributed by atoms with van der Waals surface area (Å²) in [5.74, 6) is -2.24. The van der Waals surface area contributed by atoms with Crippen LogP contribution >= 0.6 is 0 Å². The molecule has 0 aliphatic heterocycles. The van der Waals surface area contributed by atoms with Gasteiger partial charge in [-0.15, -0.1) is 0 Å². The lowest BCUT2D eigenvalue weighted by Crippen LogP contribution is -2.37. The van der Waals surface area contributed by atoms with Gasteiger partial charge in [0, 0.05) is 12.5 Å². The van der Waals surface area contributed by atoms with Gasteiger partial charge in [-0.05, 0) is 6.92 Å². The van der Waals surface area contributed by atoms with Crippen LogP contribution in [0.4, 0.5) is 0 Å². The maximum Gasteiger partial charge on any atom is 0.280 e. The lowest BCUT2D eigenvalue weighted by Gasteiger charge is -2.24. The van der Waals surface area contributed by atoms with Crippen molar-refractivity contribution in [3.63, 3.8) is 0 Å². The Hall–Kier alpha value is -0.120. The van der Waals surface area contributed by atoms with Gasteiger partial charge in [0.2, 0.25) is 0 Å². The molecule has 3 nitrogen and oxygen atoms in total. The van der Waals surface area contributed by atoms with Crippen molar-refractivity contribution >= 4 is 0 Å². The molecule has 0 atom stereocenters. The molecule has 0 aliphatic carbocycles. The summed E-state index contributed by atoms with van der Waals surface area (Å²) in [6.45, 7) is 5.38. The molecule has 0 fully saturated rings. The van der Waals surface area contributed by atoms with Gasteiger partial charge in [-0.25, -0.2) is 0 Å². The Labute approximate surface area is 55.3 Å². The van der Waals surface area contributed by atoms with E-state index < -0.39 is 5.97 Å². The third kappa shape index (κ3) is 2.79. The molecule has 0 rings (SSSR count). The van der Waals surface area contributed by atoms with Gasteiger partial charge in [-0.1, -0.05) is 13.8 Å². The first kappa shape index (κ1) is 8.88. The van der Waals surface area contributed by atoms with E-state index in [0.29, 0.717) is 6.61 Å². The van der Waals surface area contributed by atoms with E-state index in [9.17, 15) is 0 Å². The molecule has 0 unspecified atom stereocenters. The molecule has 0 aromatic heterocycles. The zero-order valence-electron chi connectivity index (χ0n) is 6.09. The first-order valence-electron chi connectivity index (χ1n) is 3.09. The van der Waals surface area contributed by atoms with Gasteiger partial charge in [-0.3, -0.25) is 0 Å². The monoisotopic (exact) mass is 134 g/mol. The van der Waals surface area contributed by atoms with E-state index in [2.05, 4.69) is 4.74 Å². The molecule has 56 valence electrons.